The van der Waals surface area contributed by atoms with Crippen LogP contribution in [0.4, 0.5) is 13.2 Å². The van der Waals surface area contributed by atoms with Gasteiger partial charge < -0.3 is 14.5 Å². The Bertz CT molecular complexity index is 806. The molecule has 1 aliphatic rings. The van der Waals surface area contributed by atoms with Gasteiger partial charge in [0.25, 0.3) is 0 Å². The Morgan fingerprint density at radius 3 is 2.70 bits per heavy atom. The monoisotopic (exact) mass is 406 g/mol. The van der Waals surface area contributed by atoms with Gasteiger partial charge in [-0.05, 0) is 6.42 Å². The van der Waals surface area contributed by atoms with Crippen molar-refractivity contribution in [3.8, 4) is 5.75 Å². The van der Waals surface area contributed by atoms with Crippen LogP contribution in [0, 0.1) is 0 Å². The number of hydrogen-bond acceptors (Lipinski definition) is 7. The number of nitrogens with one attached hydrogen (secondary N) is 1. The maximum Gasteiger partial charge on any atom is 0.389 e. The van der Waals surface area contributed by atoms with E-state index in [9.17, 15) is 27.6 Å². The number of halogens is 3. The predicted octanol–water partition coefficient (Wildman–Crippen LogP) is 2.25. The number of methoxy groups -OCH3 is 1. The average Bonchev–Trinajstić information content (AvgIpc) is 3.07. The standard InChI is InChI=1S/C16H17F3N2O5S/c1-8(22)15-21-11(7-27-15)14(24)20-10(3-4-16(17,18)19)12-5-9(25-2)6-13(23)26-12/h5-6,10-11H,3-4,7H2,1-2H3,(H,20,24). The van der Waals surface area contributed by atoms with Crippen molar-refractivity contribution in [1.29, 1.82) is 0 Å². The van der Waals surface area contributed by atoms with Gasteiger partial charge in [0.15, 0.2) is 5.78 Å². The highest BCUT2D eigenvalue weighted by atomic mass is 32.2. The van der Waals surface area contributed by atoms with Crippen LogP contribution < -0.4 is 15.7 Å². The van der Waals surface area contributed by atoms with Crippen molar-refractivity contribution in [1.82, 2.24) is 5.32 Å². The summed E-state index contributed by atoms with van der Waals surface area (Å²) in [5.74, 6) is -0.798. The van der Waals surface area contributed by atoms with Crippen molar-refractivity contribution in [3.05, 3.63) is 28.3 Å². The minimum absolute atomic E-state index is 0.0980. The van der Waals surface area contributed by atoms with Crippen LogP contribution >= 0.6 is 11.8 Å². The van der Waals surface area contributed by atoms with Crippen molar-refractivity contribution < 1.29 is 31.9 Å². The fourth-order valence-corrected chi connectivity index (χ4v) is 3.27. The topological polar surface area (TPSA) is 98.0 Å². The van der Waals surface area contributed by atoms with Gasteiger partial charge in [-0.3, -0.25) is 14.6 Å². The first-order chi connectivity index (χ1) is 12.6. The summed E-state index contributed by atoms with van der Waals surface area (Å²) in [5.41, 5.74) is -0.816. The molecule has 27 heavy (non-hydrogen) atoms. The van der Waals surface area contributed by atoms with Gasteiger partial charge in [0, 0.05) is 25.2 Å². The third-order valence-electron chi connectivity index (χ3n) is 3.63. The van der Waals surface area contributed by atoms with Crippen LogP contribution in [0.2, 0.25) is 0 Å². The molecule has 0 saturated heterocycles. The van der Waals surface area contributed by atoms with Crippen molar-refractivity contribution in [3.63, 3.8) is 0 Å². The zero-order valence-corrected chi connectivity index (χ0v) is 15.3. The van der Waals surface area contributed by atoms with Crippen LogP contribution in [0.3, 0.4) is 0 Å². The average molecular weight is 406 g/mol. The van der Waals surface area contributed by atoms with Gasteiger partial charge in [0.1, 0.15) is 22.6 Å². The van der Waals surface area contributed by atoms with Crippen LogP contribution in [0.15, 0.2) is 26.3 Å². The number of carbonyl (C=O) groups is 2. The molecular formula is C16H17F3N2O5S. The largest absolute Gasteiger partial charge is 0.496 e. The predicted molar refractivity (Wildman–Crippen MR) is 92.1 cm³/mol. The van der Waals surface area contributed by atoms with E-state index in [-0.39, 0.29) is 28.1 Å². The Hall–Kier alpha value is -2.30. The van der Waals surface area contributed by atoms with Gasteiger partial charge in [-0.25, -0.2) is 4.79 Å². The Morgan fingerprint density at radius 1 is 1.44 bits per heavy atom. The second-order valence-electron chi connectivity index (χ2n) is 5.75. The second kappa shape index (κ2) is 8.59. The zero-order valence-electron chi connectivity index (χ0n) is 14.5. The number of alkyl halides is 3. The van der Waals surface area contributed by atoms with Crippen molar-refractivity contribution in [2.45, 2.75) is 38.0 Å². The molecule has 0 aromatic carbocycles. The van der Waals surface area contributed by atoms with E-state index in [2.05, 4.69) is 10.3 Å². The summed E-state index contributed by atoms with van der Waals surface area (Å²) >= 11 is 1.10. The number of ether oxygens (including phenoxy) is 1. The number of amides is 1. The van der Waals surface area contributed by atoms with Crippen LogP contribution in [0.5, 0.6) is 5.75 Å². The molecule has 1 N–H and O–H groups in total. The fraction of sp³-hybridized carbons (Fsp3) is 0.500. The van der Waals surface area contributed by atoms with Crippen LogP contribution in [-0.4, -0.2) is 41.8 Å². The third kappa shape index (κ3) is 6.12. The summed E-state index contributed by atoms with van der Waals surface area (Å²) in [4.78, 5) is 39.3. The number of hydrogen-bond donors (Lipinski definition) is 1. The molecule has 11 heteroatoms. The minimum atomic E-state index is -4.45. The molecule has 1 aromatic heterocycles. The van der Waals surface area contributed by atoms with Crippen molar-refractivity contribution in [2.24, 2.45) is 4.99 Å². The van der Waals surface area contributed by atoms with Crippen molar-refractivity contribution >= 4 is 28.5 Å². The van der Waals surface area contributed by atoms with Gasteiger partial charge in [-0.1, -0.05) is 0 Å². The molecule has 0 fully saturated rings. The number of nitrogens with zero attached hydrogens (tertiary/aromatic N) is 1. The van der Waals surface area contributed by atoms with Crippen LogP contribution in [-0.2, 0) is 9.59 Å². The molecule has 1 aliphatic heterocycles. The molecule has 1 aromatic rings. The smallest absolute Gasteiger partial charge is 0.389 e. The van der Waals surface area contributed by atoms with Gasteiger partial charge in [0.05, 0.1) is 19.2 Å². The fourth-order valence-electron chi connectivity index (χ4n) is 2.32. The van der Waals surface area contributed by atoms with E-state index in [1.807, 2.05) is 0 Å². The van der Waals surface area contributed by atoms with E-state index >= 15 is 0 Å². The Kier molecular flexibility index (Phi) is 6.68. The molecule has 2 heterocycles. The SMILES string of the molecule is COc1cc(C(CCC(F)(F)F)NC(=O)C2CSC(C(C)=O)=N2)oc(=O)c1. The number of ketones is 1. The molecule has 0 spiro atoms. The lowest BCUT2D eigenvalue weighted by Gasteiger charge is -2.20. The quantitative estimate of drug-likeness (QED) is 0.746. The minimum Gasteiger partial charge on any atom is -0.496 e. The summed E-state index contributed by atoms with van der Waals surface area (Å²) < 4.78 is 47.8. The van der Waals surface area contributed by atoms with Gasteiger partial charge in [-0.2, -0.15) is 13.2 Å². The van der Waals surface area contributed by atoms with Gasteiger partial charge in [-0.15, -0.1) is 11.8 Å². The van der Waals surface area contributed by atoms with Crippen LogP contribution in [0.25, 0.3) is 0 Å². The first-order valence-electron chi connectivity index (χ1n) is 7.87. The Morgan fingerprint density at radius 2 is 2.15 bits per heavy atom. The summed E-state index contributed by atoms with van der Waals surface area (Å²) in [6, 6.07) is 0.169. The number of thioether (sulfide) groups is 1. The summed E-state index contributed by atoms with van der Waals surface area (Å²) in [6.07, 6.45) is -6.18. The molecule has 0 saturated carbocycles. The lowest BCUT2D eigenvalue weighted by Crippen LogP contribution is -2.37. The molecule has 0 aliphatic carbocycles. The van der Waals surface area contributed by atoms with Gasteiger partial charge >= 0.3 is 11.8 Å². The molecule has 2 rings (SSSR count). The maximum absolute atomic E-state index is 12.6. The molecule has 0 bridgehead atoms. The molecule has 0 radical (unpaired) electrons. The molecule has 148 valence electrons. The Labute approximate surface area is 156 Å². The highest BCUT2D eigenvalue weighted by Crippen LogP contribution is 2.29. The van der Waals surface area contributed by atoms with Gasteiger partial charge in [0.2, 0.25) is 5.91 Å². The molecular weight excluding hydrogens is 389 g/mol. The Balaban J connectivity index is 2.22. The van der Waals surface area contributed by atoms with E-state index in [1.165, 1.54) is 20.1 Å². The lowest BCUT2D eigenvalue weighted by molar-refractivity contribution is -0.138. The van der Waals surface area contributed by atoms with E-state index in [4.69, 9.17) is 9.15 Å². The number of rotatable bonds is 7. The van der Waals surface area contributed by atoms with E-state index in [0.717, 1.165) is 17.8 Å². The van der Waals surface area contributed by atoms with E-state index in [0.29, 0.717) is 0 Å². The zero-order chi connectivity index (χ0) is 20.2. The molecule has 2 unspecified atom stereocenters. The molecule has 7 nitrogen and oxygen atoms in total. The van der Waals surface area contributed by atoms with Crippen LogP contribution in [0.1, 0.15) is 31.6 Å². The van der Waals surface area contributed by atoms with E-state index < -0.39 is 42.6 Å². The third-order valence-corrected chi connectivity index (χ3v) is 4.78. The second-order valence-corrected chi connectivity index (χ2v) is 6.76. The number of Topliss-reactive ketones (excluding diaryl/α,β-unsaturated/α-hetero) is 1. The summed E-state index contributed by atoms with van der Waals surface area (Å²) in [5, 5.41) is 2.62. The normalized spacial score (nSPS) is 18.0. The summed E-state index contributed by atoms with van der Waals surface area (Å²) in [6.45, 7) is 1.31. The molecule has 1 amide bonds. The van der Waals surface area contributed by atoms with E-state index in [1.54, 1.807) is 0 Å². The molecule has 2 atom stereocenters. The first-order valence-corrected chi connectivity index (χ1v) is 8.85. The number of aliphatic imine (C=N–C) groups is 1. The lowest BCUT2D eigenvalue weighted by atomic mass is 10.1. The highest BCUT2D eigenvalue weighted by Gasteiger charge is 2.33. The summed E-state index contributed by atoms with van der Waals surface area (Å²) in [7, 11) is 1.29. The maximum atomic E-state index is 12.6. The first kappa shape index (κ1) is 21.0. The highest BCUT2D eigenvalue weighted by molar-refractivity contribution is 8.16. The van der Waals surface area contributed by atoms with Crippen molar-refractivity contribution in [2.75, 3.05) is 12.9 Å². The number of carbonyl (C=O) groups excluding carboxylic acids is 2.